The van der Waals surface area contributed by atoms with Crippen LogP contribution in [0.15, 0.2) is 0 Å². The zero-order valence-corrected chi connectivity index (χ0v) is 6.03. The number of aliphatic hydroxyl groups is 1. The summed E-state index contributed by atoms with van der Waals surface area (Å²) in [6.45, 7) is 0.355. The van der Waals surface area contributed by atoms with Crippen molar-refractivity contribution in [1.29, 1.82) is 0 Å². The Balaban J connectivity index is 0.000000405. The fourth-order valence-corrected chi connectivity index (χ4v) is 1.70. The molecule has 2 aliphatic carbocycles. The van der Waals surface area contributed by atoms with Crippen molar-refractivity contribution < 1.29 is 5.11 Å². The molecule has 0 aromatic heterocycles. The van der Waals surface area contributed by atoms with E-state index in [4.69, 9.17) is 10.8 Å². The van der Waals surface area contributed by atoms with Gasteiger partial charge in [-0.3, -0.25) is 0 Å². The summed E-state index contributed by atoms with van der Waals surface area (Å²) in [7, 11) is 0. The quantitative estimate of drug-likeness (QED) is 0.557. The van der Waals surface area contributed by atoms with E-state index < -0.39 is 0 Å². The van der Waals surface area contributed by atoms with Crippen molar-refractivity contribution in [3.63, 3.8) is 0 Å². The van der Waals surface area contributed by atoms with Crippen LogP contribution in [0.2, 0.25) is 0 Å². The minimum atomic E-state index is 0. The summed E-state index contributed by atoms with van der Waals surface area (Å²) >= 11 is 0. The largest absolute Gasteiger partial charge is 0.396 e. The summed E-state index contributed by atoms with van der Waals surface area (Å²) in [5, 5.41) is 8.64. The van der Waals surface area contributed by atoms with Gasteiger partial charge in [-0.25, -0.2) is 0 Å². The first-order valence-corrected chi connectivity index (χ1v) is 3.16. The van der Waals surface area contributed by atoms with Gasteiger partial charge in [-0.2, -0.15) is 0 Å². The molecular formula is C6H12ClNO. The molecule has 2 nitrogen and oxygen atoms in total. The van der Waals surface area contributed by atoms with Gasteiger partial charge in [0.25, 0.3) is 0 Å². The molecule has 0 unspecified atom stereocenters. The molecule has 0 amide bonds. The molecule has 9 heavy (non-hydrogen) atoms. The minimum absolute atomic E-state index is 0. The monoisotopic (exact) mass is 149 g/mol. The zero-order chi connectivity index (χ0) is 5.78. The molecular weight excluding hydrogens is 138 g/mol. The number of hydrogen-bond donors (Lipinski definition) is 2. The van der Waals surface area contributed by atoms with E-state index in [9.17, 15) is 0 Å². The molecule has 0 aliphatic heterocycles. The summed E-state index contributed by atoms with van der Waals surface area (Å²) < 4.78 is 0. The lowest BCUT2D eigenvalue weighted by atomic mass is 10.3. The smallest absolute Gasteiger partial charge is 0.0465 e. The van der Waals surface area contributed by atoms with Gasteiger partial charge in [-0.1, -0.05) is 0 Å². The predicted octanol–water partition coefficient (Wildman–Crippen LogP) is 0.138. The fourth-order valence-electron chi connectivity index (χ4n) is 1.70. The highest BCUT2D eigenvalue weighted by Gasteiger charge is 2.68. The van der Waals surface area contributed by atoms with Crippen LogP contribution in [0.25, 0.3) is 0 Å². The van der Waals surface area contributed by atoms with Crippen molar-refractivity contribution in [2.45, 2.75) is 18.9 Å². The van der Waals surface area contributed by atoms with Crippen LogP contribution in [0, 0.1) is 11.3 Å². The molecule has 2 fully saturated rings. The highest BCUT2D eigenvalue weighted by molar-refractivity contribution is 5.85. The number of hydrogen-bond acceptors (Lipinski definition) is 2. The SMILES string of the molecule is Cl.N[C@H]1C[C@@]12C[C@@H]2CO. The van der Waals surface area contributed by atoms with Gasteiger partial charge in [0.05, 0.1) is 0 Å². The standard InChI is InChI=1S/C6H11NO.ClH/c7-5-2-6(5)1-4(6)3-8;/h4-5,8H,1-3,7H2;1H/t4-,5+,6-;/m1./s1. The minimum Gasteiger partial charge on any atom is -0.396 e. The van der Waals surface area contributed by atoms with E-state index in [0.717, 1.165) is 6.42 Å². The van der Waals surface area contributed by atoms with Crippen LogP contribution in [0.1, 0.15) is 12.8 Å². The molecule has 0 heterocycles. The van der Waals surface area contributed by atoms with Gasteiger partial charge in [0.15, 0.2) is 0 Å². The van der Waals surface area contributed by atoms with Crippen molar-refractivity contribution in [2.75, 3.05) is 6.61 Å². The van der Waals surface area contributed by atoms with E-state index in [2.05, 4.69) is 0 Å². The summed E-state index contributed by atoms with van der Waals surface area (Å²) in [4.78, 5) is 0. The van der Waals surface area contributed by atoms with Gasteiger partial charge >= 0.3 is 0 Å². The van der Waals surface area contributed by atoms with Gasteiger partial charge in [0.2, 0.25) is 0 Å². The molecule has 2 aliphatic rings. The predicted molar refractivity (Wildman–Crippen MR) is 37.5 cm³/mol. The van der Waals surface area contributed by atoms with Crippen molar-refractivity contribution >= 4 is 12.4 Å². The third-order valence-corrected chi connectivity index (χ3v) is 2.68. The molecule has 0 aromatic carbocycles. The molecule has 0 bridgehead atoms. The molecule has 3 N–H and O–H groups in total. The van der Waals surface area contributed by atoms with Gasteiger partial charge in [0, 0.05) is 12.6 Å². The highest BCUT2D eigenvalue weighted by Crippen LogP contribution is 2.69. The zero-order valence-electron chi connectivity index (χ0n) is 5.21. The molecule has 2 saturated carbocycles. The topological polar surface area (TPSA) is 46.2 Å². The van der Waals surface area contributed by atoms with Crippen molar-refractivity contribution in [1.82, 2.24) is 0 Å². The maximum atomic E-state index is 8.64. The Morgan fingerprint density at radius 2 is 2.11 bits per heavy atom. The normalized spacial score (nSPS) is 52.7. The van der Waals surface area contributed by atoms with Gasteiger partial charge in [-0.15, -0.1) is 12.4 Å². The lowest BCUT2D eigenvalue weighted by Gasteiger charge is -1.85. The molecule has 2 rings (SSSR count). The third-order valence-electron chi connectivity index (χ3n) is 2.68. The van der Waals surface area contributed by atoms with E-state index in [1.165, 1.54) is 6.42 Å². The number of rotatable bonds is 1. The molecule has 0 radical (unpaired) electrons. The maximum absolute atomic E-state index is 8.64. The van der Waals surface area contributed by atoms with Crippen LogP contribution in [0.4, 0.5) is 0 Å². The van der Waals surface area contributed by atoms with Crippen LogP contribution >= 0.6 is 12.4 Å². The number of aliphatic hydroxyl groups excluding tert-OH is 1. The van der Waals surface area contributed by atoms with E-state index in [0.29, 0.717) is 24.0 Å². The van der Waals surface area contributed by atoms with E-state index in [1.54, 1.807) is 0 Å². The average molecular weight is 150 g/mol. The first kappa shape index (κ1) is 7.32. The van der Waals surface area contributed by atoms with Crippen LogP contribution < -0.4 is 5.73 Å². The van der Waals surface area contributed by atoms with E-state index >= 15 is 0 Å². The molecule has 0 saturated heterocycles. The van der Waals surface area contributed by atoms with E-state index in [-0.39, 0.29) is 12.4 Å². The summed E-state index contributed by atoms with van der Waals surface area (Å²) in [5.41, 5.74) is 6.07. The summed E-state index contributed by atoms with van der Waals surface area (Å²) in [5.74, 6) is 0.567. The second-order valence-electron chi connectivity index (χ2n) is 3.13. The van der Waals surface area contributed by atoms with Crippen molar-refractivity contribution in [3.8, 4) is 0 Å². The molecule has 1 spiro atoms. The van der Waals surface area contributed by atoms with Crippen LogP contribution in [0.3, 0.4) is 0 Å². The van der Waals surface area contributed by atoms with Gasteiger partial charge < -0.3 is 10.8 Å². The van der Waals surface area contributed by atoms with Gasteiger partial charge in [0.1, 0.15) is 0 Å². The number of halogens is 1. The highest BCUT2D eigenvalue weighted by atomic mass is 35.5. The summed E-state index contributed by atoms with van der Waals surface area (Å²) in [6.07, 6.45) is 2.35. The Bertz CT molecular complexity index is 130. The van der Waals surface area contributed by atoms with Crippen molar-refractivity contribution in [2.24, 2.45) is 17.1 Å². The Morgan fingerprint density at radius 1 is 1.56 bits per heavy atom. The Labute approximate surface area is 60.8 Å². The lowest BCUT2D eigenvalue weighted by Crippen LogP contribution is -2.04. The lowest BCUT2D eigenvalue weighted by molar-refractivity contribution is 0.266. The fraction of sp³-hybridized carbons (Fsp3) is 1.00. The second kappa shape index (κ2) is 1.84. The van der Waals surface area contributed by atoms with Crippen molar-refractivity contribution in [3.05, 3.63) is 0 Å². The van der Waals surface area contributed by atoms with Crippen LogP contribution in [-0.2, 0) is 0 Å². The van der Waals surface area contributed by atoms with Crippen LogP contribution in [0.5, 0.6) is 0 Å². The van der Waals surface area contributed by atoms with Crippen LogP contribution in [-0.4, -0.2) is 17.8 Å². The van der Waals surface area contributed by atoms with Gasteiger partial charge in [-0.05, 0) is 24.2 Å². The third kappa shape index (κ3) is 0.775. The molecule has 3 heteroatoms. The summed E-state index contributed by atoms with van der Waals surface area (Å²) in [6, 6.07) is 0.430. The Hall–Kier alpha value is 0.210. The molecule has 3 atom stereocenters. The number of nitrogens with two attached hydrogens (primary N) is 1. The second-order valence-corrected chi connectivity index (χ2v) is 3.13. The van der Waals surface area contributed by atoms with E-state index in [1.807, 2.05) is 0 Å². The maximum Gasteiger partial charge on any atom is 0.0465 e. The first-order chi connectivity index (χ1) is 3.79. The molecule has 54 valence electrons. The first-order valence-electron chi connectivity index (χ1n) is 3.16. The Kier molecular flexibility index (Phi) is 1.50. The molecule has 0 aromatic rings. The average Bonchev–Trinajstić information content (AvgIpc) is 2.55. The Morgan fingerprint density at radius 3 is 2.22 bits per heavy atom.